The van der Waals surface area contributed by atoms with Gasteiger partial charge in [-0.05, 0) is 13.0 Å². The van der Waals surface area contributed by atoms with Gasteiger partial charge in [0.05, 0.1) is 11.5 Å². The van der Waals surface area contributed by atoms with Crippen molar-refractivity contribution in [3.05, 3.63) is 33.1 Å². The van der Waals surface area contributed by atoms with Crippen LogP contribution >= 0.6 is 23.2 Å². The number of aromatic nitrogens is 1. The zero-order valence-electron chi connectivity index (χ0n) is 8.72. The SMILES string of the molecule is CCOC(=O)C(Cl)c1nc(Cl)ccc1[N+](=O)[O-]. The summed E-state index contributed by atoms with van der Waals surface area (Å²) in [5.41, 5.74) is -0.593. The van der Waals surface area contributed by atoms with E-state index < -0.39 is 16.3 Å². The topological polar surface area (TPSA) is 82.3 Å². The van der Waals surface area contributed by atoms with Crippen molar-refractivity contribution in [2.75, 3.05) is 6.61 Å². The summed E-state index contributed by atoms with van der Waals surface area (Å²) in [5, 5.41) is 9.39. The molecule has 0 aliphatic heterocycles. The summed E-state index contributed by atoms with van der Waals surface area (Å²) >= 11 is 11.4. The van der Waals surface area contributed by atoms with Crippen molar-refractivity contribution in [1.29, 1.82) is 0 Å². The number of nitrogens with zero attached hydrogens (tertiary/aromatic N) is 2. The molecule has 17 heavy (non-hydrogen) atoms. The van der Waals surface area contributed by atoms with E-state index in [2.05, 4.69) is 9.72 Å². The Hall–Kier alpha value is -1.40. The molecule has 1 aromatic rings. The Balaban J connectivity index is 3.14. The van der Waals surface area contributed by atoms with Gasteiger partial charge in [-0.3, -0.25) is 14.9 Å². The Kier molecular flexibility index (Phi) is 4.65. The Labute approximate surface area is 107 Å². The van der Waals surface area contributed by atoms with Crippen LogP contribution < -0.4 is 0 Å². The fourth-order valence-electron chi connectivity index (χ4n) is 1.11. The van der Waals surface area contributed by atoms with Crippen LogP contribution in [-0.2, 0) is 9.53 Å². The van der Waals surface area contributed by atoms with Gasteiger partial charge in [-0.25, -0.2) is 4.98 Å². The van der Waals surface area contributed by atoms with Gasteiger partial charge in [0.2, 0.25) is 0 Å². The zero-order valence-corrected chi connectivity index (χ0v) is 10.2. The van der Waals surface area contributed by atoms with Gasteiger partial charge in [-0.1, -0.05) is 11.6 Å². The molecule has 0 N–H and O–H groups in total. The van der Waals surface area contributed by atoms with Crippen molar-refractivity contribution in [3.63, 3.8) is 0 Å². The first-order chi connectivity index (χ1) is 7.97. The third kappa shape index (κ3) is 3.28. The van der Waals surface area contributed by atoms with Gasteiger partial charge < -0.3 is 4.74 Å². The van der Waals surface area contributed by atoms with E-state index in [0.717, 1.165) is 6.07 Å². The molecule has 0 saturated heterocycles. The summed E-state index contributed by atoms with van der Waals surface area (Å²) in [6, 6.07) is 2.39. The van der Waals surface area contributed by atoms with E-state index in [9.17, 15) is 14.9 Å². The number of nitro groups is 1. The maximum atomic E-state index is 11.4. The van der Waals surface area contributed by atoms with Crippen LogP contribution in [0.2, 0.25) is 5.15 Å². The van der Waals surface area contributed by atoms with E-state index >= 15 is 0 Å². The van der Waals surface area contributed by atoms with E-state index in [4.69, 9.17) is 23.2 Å². The van der Waals surface area contributed by atoms with Crippen LogP contribution in [0.25, 0.3) is 0 Å². The molecule has 0 bridgehead atoms. The predicted molar refractivity (Wildman–Crippen MR) is 61.1 cm³/mol. The van der Waals surface area contributed by atoms with Crippen LogP contribution in [0.3, 0.4) is 0 Å². The second kappa shape index (κ2) is 5.79. The molecular formula is C9H8Cl2N2O4. The summed E-state index contributed by atoms with van der Waals surface area (Å²) in [5.74, 6) is -0.799. The first kappa shape index (κ1) is 13.7. The number of hydrogen-bond donors (Lipinski definition) is 0. The van der Waals surface area contributed by atoms with E-state index in [-0.39, 0.29) is 23.1 Å². The molecule has 1 aromatic heterocycles. The third-order valence-corrected chi connectivity index (χ3v) is 2.39. The average Bonchev–Trinajstić information content (AvgIpc) is 2.27. The highest BCUT2D eigenvalue weighted by molar-refractivity contribution is 6.31. The lowest BCUT2D eigenvalue weighted by Crippen LogP contribution is -2.14. The molecule has 8 heteroatoms. The Morgan fingerprint density at radius 2 is 2.29 bits per heavy atom. The largest absolute Gasteiger partial charge is 0.465 e. The smallest absolute Gasteiger partial charge is 0.330 e. The Bertz CT molecular complexity index is 453. The lowest BCUT2D eigenvalue weighted by Gasteiger charge is -2.08. The van der Waals surface area contributed by atoms with E-state index in [1.54, 1.807) is 6.92 Å². The molecule has 6 nitrogen and oxygen atoms in total. The Morgan fingerprint density at radius 1 is 1.65 bits per heavy atom. The fraction of sp³-hybridized carbons (Fsp3) is 0.333. The standard InChI is InChI=1S/C9H8Cl2N2O4/c1-2-17-9(14)7(11)8-5(13(15)16)3-4-6(10)12-8/h3-4,7H,2H2,1H3. The van der Waals surface area contributed by atoms with Crippen molar-refractivity contribution < 1.29 is 14.5 Å². The number of esters is 1. The maximum absolute atomic E-state index is 11.4. The number of carbonyl (C=O) groups is 1. The molecule has 1 rings (SSSR count). The van der Waals surface area contributed by atoms with Gasteiger partial charge in [0.15, 0.2) is 5.38 Å². The molecule has 0 fully saturated rings. The summed E-state index contributed by atoms with van der Waals surface area (Å²) in [7, 11) is 0. The molecular weight excluding hydrogens is 271 g/mol. The number of halogens is 2. The number of hydrogen-bond acceptors (Lipinski definition) is 5. The van der Waals surface area contributed by atoms with Crippen molar-refractivity contribution in [3.8, 4) is 0 Å². The molecule has 0 aromatic carbocycles. The number of pyridine rings is 1. The molecule has 0 radical (unpaired) electrons. The maximum Gasteiger partial charge on any atom is 0.330 e. The lowest BCUT2D eigenvalue weighted by molar-refractivity contribution is -0.385. The minimum atomic E-state index is -1.35. The highest BCUT2D eigenvalue weighted by Gasteiger charge is 2.29. The van der Waals surface area contributed by atoms with Gasteiger partial charge in [-0.2, -0.15) is 0 Å². The summed E-state index contributed by atoms with van der Waals surface area (Å²) in [6.45, 7) is 1.72. The molecule has 0 saturated carbocycles. The van der Waals surface area contributed by atoms with Crippen LogP contribution in [0, 0.1) is 10.1 Å². The van der Waals surface area contributed by atoms with Gasteiger partial charge in [0, 0.05) is 6.07 Å². The first-order valence-electron chi connectivity index (χ1n) is 4.59. The van der Waals surface area contributed by atoms with Crippen LogP contribution in [-0.4, -0.2) is 22.5 Å². The van der Waals surface area contributed by atoms with Crippen LogP contribution in [0.4, 0.5) is 5.69 Å². The molecule has 0 spiro atoms. The highest BCUT2D eigenvalue weighted by Crippen LogP contribution is 2.30. The van der Waals surface area contributed by atoms with E-state index in [1.165, 1.54) is 6.07 Å². The van der Waals surface area contributed by atoms with Crippen molar-refractivity contribution in [2.45, 2.75) is 12.3 Å². The van der Waals surface area contributed by atoms with E-state index in [0.29, 0.717) is 0 Å². The number of carbonyl (C=O) groups excluding carboxylic acids is 1. The third-order valence-electron chi connectivity index (χ3n) is 1.80. The second-order valence-corrected chi connectivity index (χ2v) is 3.73. The minimum absolute atomic E-state index is 0.0144. The van der Waals surface area contributed by atoms with Gasteiger partial charge in [-0.15, -0.1) is 11.6 Å². The molecule has 92 valence electrons. The quantitative estimate of drug-likeness (QED) is 0.278. The molecule has 0 aliphatic rings. The number of rotatable bonds is 4. The van der Waals surface area contributed by atoms with Crippen LogP contribution in [0.1, 0.15) is 18.0 Å². The van der Waals surface area contributed by atoms with Crippen molar-refractivity contribution in [2.24, 2.45) is 0 Å². The molecule has 1 heterocycles. The fourth-order valence-corrected chi connectivity index (χ4v) is 1.49. The molecule has 0 amide bonds. The Morgan fingerprint density at radius 3 is 2.82 bits per heavy atom. The highest BCUT2D eigenvalue weighted by atomic mass is 35.5. The molecule has 1 unspecified atom stereocenters. The van der Waals surface area contributed by atoms with Crippen molar-refractivity contribution >= 4 is 34.9 Å². The zero-order chi connectivity index (χ0) is 13.0. The van der Waals surface area contributed by atoms with Gasteiger partial charge in [0.25, 0.3) is 5.69 Å². The minimum Gasteiger partial charge on any atom is -0.465 e. The summed E-state index contributed by atoms with van der Waals surface area (Å²) in [4.78, 5) is 25.1. The first-order valence-corrected chi connectivity index (χ1v) is 5.40. The number of alkyl halides is 1. The van der Waals surface area contributed by atoms with Crippen molar-refractivity contribution in [1.82, 2.24) is 4.98 Å². The van der Waals surface area contributed by atoms with Gasteiger partial charge >= 0.3 is 5.97 Å². The predicted octanol–water partition coefficient (Wildman–Crippen LogP) is 2.49. The second-order valence-electron chi connectivity index (χ2n) is 2.91. The van der Waals surface area contributed by atoms with Crippen LogP contribution in [0.15, 0.2) is 12.1 Å². The molecule has 0 aliphatic carbocycles. The lowest BCUT2D eigenvalue weighted by atomic mass is 10.2. The van der Waals surface area contributed by atoms with E-state index in [1.807, 2.05) is 0 Å². The summed E-state index contributed by atoms with van der Waals surface area (Å²) in [6.07, 6.45) is 0. The monoisotopic (exact) mass is 278 g/mol. The summed E-state index contributed by atoms with van der Waals surface area (Å²) < 4.78 is 4.66. The normalized spacial score (nSPS) is 11.9. The van der Waals surface area contributed by atoms with Gasteiger partial charge in [0.1, 0.15) is 10.8 Å². The van der Waals surface area contributed by atoms with Crippen LogP contribution in [0.5, 0.6) is 0 Å². The average molecular weight is 279 g/mol. The molecule has 1 atom stereocenters. The number of ether oxygens (including phenoxy) is 1.